The first kappa shape index (κ1) is 8.65. The SMILES string of the molecule is Nc1cccnc1C1(S(=O)[O-])CC1. The zero-order valence-corrected chi connectivity index (χ0v) is 7.71. The van der Waals surface area contributed by atoms with E-state index < -0.39 is 15.8 Å². The van der Waals surface area contributed by atoms with Crippen LogP contribution in [-0.4, -0.2) is 13.7 Å². The number of nitrogens with zero attached hydrogens (tertiary/aromatic N) is 1. The van der Waals surface area contributed by atoms with Crippen molar-refractivity contribution in [1.82, 2.24) is 4.98 Å². The zero-order chi connectivity index (χ0) is 9.47. The molecule has 1 unspecified atom stereocenters. The number of anilines is 1. The standard InChI is InChI=1S/C8H10N2O2S/c9-6-2-1-5-10-7(6)8(3-4-8)13(11)12/h1-2,5H,3-4,9H2,(H,11,12)/p-1. The molecule has 70 valence electrons. The average molecular weight is 197 g/mol. The molecule has 13 heavy (non-hydrogen) atoms. The highest BCUT2D eigenvalue weighted by Gasteiger charge is 2.48. The molecule has 2 N–H and O–H groups in total. The summed E-state index contributed by atoms with van der Waals surface area (Å²) in [6.07, 6.45) is 2.83. The fraction of sp³-hybridized carbons (Fsp3) is 0.375. The van der Waals surface area contributed by atoms with E-state index in [1.54, 1.807) is 18.3 Å². The zero-order valence-electron chi connectivity index (χ0n) is 6.90. The van der Waals surface area contributed by atoms with Gasteiger partial charge < -0.3 is 10.3 Å². The molecular formula is C8H9N2O2S-. The third-order valence-electron chi connectivity index (χ3n) is 2.29. The number of rotatable bonds is 2. The third-order valence-corrected chi connectivity index (χ3v) is 3.53. The number of nitrogen functional groups attached to an aromatic ring is 1. The highest BCUT2D eigenvalue weighted by molar-refractivity contribution is 7.80. The normalized spacial score (nSPS) is 21.0. The van der Waals surface area contributed by atoms with Gasteiger partial charge in [0.05, 0.1) is 16.1 Å². The van der Waals surface area contributed by atoms with E-state index >= 15 is 0 Å². The molecule has 0 saturated heterocycles. The molecule has 0 bridgehead atoms. The van der Waals surface area contributed by atoms with Gasteiger partial charge in [0, 0.05) is 6.20 Å². The van der Waals surface area contributed by atoms with Crippen LogP contribution >= 0.6 is 0 Å². The lowest BCUT2D eigenvalue weighted by atomic mass is 10.2. The average Bonchev–Trinajstić information content (AvgIpc) is 2.85. The van der Waals surface area contributed by atoms with E-state index in [1.165, 1.54) is 0 Å². The van der Waals surface area contributed by atoms with Gasteiger partial charge in [0.15, 0.2) is 0 Å². The van der Waals surface area contributed by atoms with Crippen molar-refractivity contribution in [3.63, 3.8) is 0 Å². The predicted molar refractivity (Wildman–Crippen MR) is 48.5 cm³/mol. The van der Waals surface area contributed by atoms with Crippen LogP contribution in [0, 0.1) is 0 Å². The smallest absolute Gasteiger partial charge is 0.0807 e. The second-order valence-corrected chi connectivity index (χ2v) is 4.42. The van der Waals surface area contributed by atoms with E-state index in [1.807, 2.05) is 0 Å². The van der Waals surface area contributed by atoms with Gasteiger partial charge in [-0.05, 0) is 36.1 Å². The molecule has 0 aromatic carbocycles. The number of aromatic nitrogens is 1. The van der Waals surface area contributed by atoms with Crippen LogP contribution in [0.2, 0.25) is 0 Å². The summed E-state index contributed by atoms with van der Waals surface area (Å²) in [7, 11) is 0. The fourth-order valence-electron chi connectivity index (χ4n) is 1.39. The second-order valence-electron chi connectivity index (χ2n) is 3.17. The van der Waals surface area contributed by atoms with Crippen LogP contribution < -0.4 is 5.73 Å². The Kier molecular flexibility index (Phi) is 1.85. The molecule has 2 rings (SSSR count). The molecule has 1 aliphatic rings. The minimum Gasteiger partial charge on any atom is -0.772 e. The molecular weight excluding hydrogens is 188 g/mol. The molecule has 0 spiro atoms. The minimum atomic E-state index is -2.12. The van der Waals surface area contributed by atoms with Crippen LogP contribution in [-0.2, 0) is 15.8 Å². The molecule has 1 aromatic heterocycles. The Hall–Kier alpha value is -0.940. The molecule has 1 atom stereocenters. The van der Waals surface area contributed by atoms with Crippen LogP contribution in [0.3, 0.4) is 0 Å². The lowest BCUT2D eigenvalue weighted by Gasteiger charge is -2.18. The summed E-state index contributed by atoms with van der Waals surface area (Å²) in [5.41, 5.74) is 6.61. The van der Waals surface area contributed by atoms with Gasteiger partial charge >= 0.3 is 0 Å². The van der Waals surface area contributed by atoms with Gasteiger partial charge in [0.2, 0.25) is 0 Å². The lowest BCUT2D eigenvalue weighted by Crippen LogP contribution is -2.17. The molecule has 1 aromatic rings. The van der Waals surface area contributed by atoms with Crippen LogP contribution in [0.5, 0.6) is 0 Å². The molecule has 5 heteroatoms. The van der Waals surface area contributed by atoms with E-state index in [-0.39, 0.29) is 0 Å². The molecule has 1 saturated carbocycles. The summed E-state index contributed by atoms with van der Waals surface area (Å²) < 4.78 is 21.1. The highest BCUT2D eigenvalue weighted by atomic mass is 32.2. The Morgan fingerprint density at radius 3 is 2.77 bits per heavy atom. The lowest BCUT2D eigenvalue weighted by molar-refractivity contribution is 0.519. The number of hydrogen-bond acceptors (Lipinski definition) is 4. The first-order valence-electron chi connectivity index (χ1n) is 3.97. The minimum absolute atomic E-state index is 0.462. The van der Waals surface area contributed by atoms with Gasteiger partial charge in [-0.15, -0.1) is 0 Å². The molecule has 1 fully saturated rings. The van der Waals surface area contributed by atoms with Crippen molar-refractivity contribution in [3.8, 4) is 0 Å². The van der Waals surface area contributed by atoms with Crippen LogP contribution in [0.25, 0.3) is 0 Å². The highest BCUT2D eigenvalue weighted by Crippen LogP contribution is 2.51. The van der Waals surface area contributed by atoms with Crippen molar-refractivity contribution in [3.05, 3.63) is 24.0 Å². The van der Waals surface area contributed by atoms with Gasteiger partial charge in [0.1, 0.15) is 0 Å². The molecule has 0 radical (unpaired) electrons. The Bertz CT molecular complexity index is 363. The Morgan fingerprint density at radius 2 is 2.31 bits per heavy atom. The van der Waals surface area contributed by atoms with Crippen LogP contribution in [0.15, 0.2) is 18.3 Å². The summed E-state index contributed by atoms with van der Waals surface area (Å²) in [4.78, 5) is 4.02. The first-order valence-corrected chi connectivity index (χ1v) is 5.05. The quantitative estimate of drug-likeness (QED) is 0.701. The summed E-state index contributed by atoms with van der Waals surface area (Å²) in [5.74, 6) is 0. The third kappa shape index (κ3) is 1.24. The molecule has 0 amide bonds. The first-order chi connectivity index (χ1) is 6.17. The van der Waals surface area contributed by atoms with Gasteiger partial charge in [-0.1, -0.05) is 0 Å². The van der Waals surface area contributed by atoms with Gasteiger partial charge in [-0.25, -0.2) is 0 Å². The van der Waals surface area contributed by atoms with Crippen LogP contribution in [0.1, 0.15) is 18.5 Å². The van der Waals surface area contributed by atoms with Crippen molar-refractivity contribution in [2.45, 2.75) is 17.6 Å². The molecule has 1 heterocycles. The largest absolute Gasteiger partial charge is 0.772 e. The van der Waals surface area contributed by atoms with E-state index in [0.717, 1.165) is 0 Å². The maximum Gasteiger partial charge on any atom is 0.0807 e. The molecule has 1 aliphatic carbocycles. The summed E-state index contributed by atoms with van der Waals surface area (Å²) in [5, 5.41) is 0. The number of nitrogens with two attached hydrogens (primary N) is 1. The van der Waals surface area contributed by atoms with Crippen molar-refractivity contribution < 1.29 is 8.76 Å². The predicted octanol–water partition coefficient (Wildman–Crippen LogP) is 0.532. The van der Waals surface area contributed by atoms with Crippen molar-refractivity contribution in [2.24, 2.45) is 0 Å². The summed E-state index contributed by atoms with van der Waals surface area (Å²) in [6.45, 7) is 0. The summed E-state index contributed by atoms with van der Waals surface area (Å²) in [6, 6.07) is 3.37. The fourth-order valence-corrected chi connectivity index (χ4v) is 2.16. The van der Waals surface area contributed by atoms with Crippen molar-refractivity contribution in [1.29, 1.82) is 0 Å². The van der Waals surface area contributed by atoms with Crippen molar-refractivity contribution in [2.75, 3.05) is 5.73 Å². The Balaban J connectivity index is 2.47. The van der Waals surface area contributed by atoms with E-state index in [2.05, 4.69) is 4.98 Å². The topological polar surface area (TPSA) is 79.0 Å². The number of hydrogen-bond donors (Lipinski definition) is 1. The summed E-state index contributed by atoms with van der Waals surface area (Å²) >= 11 is -2.12. The maximum absolute atomic E-state index is 10.9. The van der Waals surface area contributed by atoms with Gasteiger partial charge in [0.25, 0.3) is 0 Å². The van der Waals surface area contributed by atoms with Crippen molar-refractivity contribution >= 4 is 16.8 Å². The number of pyridine rings is 1. The van der Waals surface area contributed by atoms with Gasteiger partial charge in [-0.2, -0.15) is 0 Å². The van der Waals surface area contributed by atoms with Crippen LogP contribution in [0.4, 0.5) is 5.69 Å². The molecule has 0 aliphatic heterocycles. The van der Waals surface area contributed by atoms with E-state index in [4.69, 9.17) is 5.73 Å². The Labute approximate surface area is 78.5 Å². The monoisotopic (exact) mass is 197 g/mol. The van der Waals surface area contributed by atoms with E-state index in [9.17, 15) is 8.76 Å². The second kappa shape index (κ2) is 2.78. The Morgan fingerprint density at radius 1 is 1.62 bits per heavy atom. The maximum atomic E-state index is 10.9. The molecule has 4 nitrogen and oxygen atoms in total. The van der Waals surface area contributed by atoms with E-state index in [0.29, 0.717) is 24.2 Å². The van der Waals surface area contributed by atoms with Gasteiger partial charge in [-0.3, -0.25) is 9.19 Å².